The summed E-state index contributed by atoms with van der Waals surface area (Å²) in [5.74, 6) is 0. The van der Waals surface area contributed by atoms with Gasteiger partial charge in [-0.05, 0) is 6.42 Å². The lowest BCUT2D eigenvalue weighted by atomic mass is 10.3. The molecule has 1 aromatic rings. The molecule has 0 aliphatic rings. The molecule has 86 valence electrons. The Morgan fingerprint density at radius 3 is 2.60 bits per heavy atom. The summed E-state index contributed by atoms with van der Waals surface area (Å²) in [6.45, 7) is 8.69. The van der Waals surface area contributed by atoms with Crippen molar-refractivity contribution in [3.8, 4) is 0 Å². The van der Waals surface area contributed by atoms with Crippen LogP contribution in [0.2, 0.25) is 25.7 Å². The van der Waals surface area contributed by atoms with Gasteiger partial charge < -0.3 is 5.73 Å². The molecular weight excluding hydrogens is 204 g/mol. The maximum Gasteiger partial charge on any atom is 0.0962 e. The Labute approximate surface area is 92.9 Å². The number of aryl methyl sites for hydroxylation is 1. The van der Waals surface area contributed by atoms with Crippen molar-refractivity contribution in [2.75, 3.05) is 0 Å². The summed E-state index contributed by atoms with van der Waals surface area (Å²) in [6, 6.07) is 1.39. The van der Waals surface area contributed by atoms with Gasteiger partial charge in [0.1, 0.15) is 0 Å². The Kier molecular flexibility index (Phi) is 4.47. The van der Waals surface area contributed by atoms with Gasteiger partial charge in [-0.2, -0.15) is 0 Å². The number of hydrogen-bond donors (Lipinski definition) is 1. The third-order valence-corrected chi connectivity index (χ3v) is 4.21. The van der Waals surface area contributed by atoms with Crippen LogP contribution in [0.4, 0.5) is 0 Å². The van der Waals surface area contributed by atoms with Crippen LogP contribution in [0.25, 0.3) is 0 Å². The first-order chi connectivity index (χ1) is 7.01. The molecule has 1 rings (SSSR count). The second kappa shape index (κ2) is 5.41. The minimum atomic E-state index is -0.862. The molecule has 0 saturated heterocycles. The largest absolute Gasteiger partial charge is 0.325 e. The lowest BCUT2D eigenvalue weighted by Crippen LogP contribution is -2.18. The predicted molar refractivity (Wildman–Crippen MR) is 65.3 cm³/mol. The summed E-state index contributed by atoms with van der Waals surface area (Å²) in [5, 5.41) is 7.98. The van der Waals surface area contributed by atoms with E-state index in [0.717, 1.165) is 12.2 Å². The van der Waals surface area contributed by atoms with Gasteiger partial charge in [-0.1, -0.05) is 37.3 Å². The van der Waals surface area contributed by atoms with Crippen LogP contribution in [0, 0.1) is 0 Å². The Balaban J connectivity index is 2.20. The highest BCUT2D eigenvalue weighted by Crippen LogP contribution is 2.13. The molecule has 0 amide bonds. The van der Waals surface area contributed by atoms with Crippen molar-refractivity contribution in [1.29, 1.82) is 0 Å². The molecule has 0 aliphatic carbocycles. The standard InChI is InChI=1S/C10H22N4Si/c1-15(2,3)7-5-4-6-14-9-10(8-11)12-13-14/h9H,4-8,11H2,1-3H3. The van der Waals surface area contributed by atoms with Gasteiger partial charge in [-0.3, -0.25) is 4.68 Å². The molecule has 0 aliphatic heterocycles. The maximum atomic E-state index is 5.46. The van der Waals surface area contributed by atoms with E-state index in [2.05, 4.69) is 30.0 Å². The van der Waals surface area contributed by atoms with Crippen LogP contribution in [-0.2, 0) is 13.1 Å². The van der Waals surface area contributed by atoms with Crippen molar-refractivity contribution in [1.82, 2.24) is 15.0 Å². The lowest BCUT2D eigenvalue weighted by Gasteiger charge is -2.14. The van der Waals surface area contributed by atoms with Crippen LogP contribution in [0.5, 0.6) is 0 Å². The molecule has 0 bridgehead atoms. The van der Waals surface area contributed by atoms with Gasteiger partial charge in [0, 0.05) is 27.4 Å². The van der Waals surface area contributed by atoms with E-state index in [1.54, 1.807) is 0 Å². The molecule has 0 saturated carbocycles. The minimum absolute atomic E-state index is 0.481. The fourth-order valence-electron chi connectivity index (χ4n) is 1.47. The first kappa shape index (κ1) is 12.4. The van der Waals surface area contributed by atoms with Crippen molar-refractivity contribution >= 4 is 8.07 Å². The van der Waals surface area contributed by atoms with Gasteiger partial charge in [0.2, 0.25) is 0 Å². The van der Waals surface area contributed by atoms with Crippen LogP contribution in [0.3, 0.4) is 0 Å². The third kappa shape index (κ3) is 5.08. The molecule has 0 atom stereocenters. The summed E-state index contributed by atoms with van der Waals surface area (Å²) in [4.78, 5) is 0. The molecule has 0 aromatic carbocycles. The topological polar surface area (TPSA) is 56.7 Å². The second-order valence-electron chi connectivity index (χ2n) is 5.19. The summed E-state index contributed by atoms with van der Waals surface area (Å²) < 4.78 is 1.90. The molecule has 0 spiro atoms. The molecule has 0 unspecified atom stereocenters. The van der Waals surface area contributed by atoms with E-state index in [0.29, 0.717) is 6.54 Å². The van der Waals surface area contributed by atoms with E-state index in [1.165, 1.54) is 18.9 Å². The normalized spacial score (nSPS) is 12.0. The van der Waals surface area contributed by atoms with E-state index in [4.69, 9.17) is 5.73 Å². The van der Waals surface area contributed by atoms with E-state index in [1.807, 2.05) is 10.9 Å². The first-order valence-corrected chi connectivity index (χ1v) is 9.31. The SMILES string of the molecule is C[Si](C)(C)CCCCn1cc(CN)nn1. The van der Waals surface area contributed by atoms with Gasteiger partial charge in [0.15, 0.2) is 0 Å². The summed E-state index contributed by atoms with van der Waals surface area (Å²) in [6.07, 6.45) is 4.43. The molecular formula is C10H22N4Si. The van der Waals surface area contributed by atoms with Crippen molar-refractivity contribution < 1.29 is 0 Å². The zero-order chi connectivity index (χ0) is 11.3. The van der Waals surface area contributed by atoms with Crippen LogP contribution in [0.1, 0.15) is 18.5 Å². The van der Waals surface area contributed by atoms with Crippen LogP contribution < -0.4 is 5.73 Å². The molecule has 0 fully saturated rings. The van der Waals surface area contributed by atoms with E-state index < -0.39 is 8.07 Å². The molecule has 0 radical (unpaired) electrons. The maximum absolute atomic E-state index is 5.46. The van der Waals surface area contributed by atoms with Gasteiger partial charge in [-0.15, -0.1) is 5.10 Å². The van der Waals surface area contributed by atoms with Crippen LogP contribution in [-0.4, -0.2) is 23.1 Å². The Hall–Kier alpha value is -0.683. The number of nitrogens with two attached hydrogens (primary N) is 1. The van der Waals surface area contributed by atoms with Crippen molar-refractivity contribution in [2.45, 2.75) is 51.6 Å². The number of rotatable bonds is 6. The van der Waals surface area contributed by atoms with Crippen molar-refractivity contribution in [2.24, 2.45) is 5.73 Å². The van der Waals surface area contributed by atoms with Crippen molar-refractivity contribution in [3.63, 3.8) is 0 Å². The molecule has 1 heterocycles. The first-order valence-electron chi connectivity index (χ1n) is 5.60. The minimum Gasteiger partial charge on any atom is -0.325 e. The molecule has 15 heavy (non-hydrogen) atoms. The average Bonchev–Trinajstić information content (AvgIpc) is 2.59. The summed E-state index contributed by atoms with van der Waals surface area (Å²) >= 11 is 0. The van der Waals surface area contributed by atoms with Gasteiger partial charge in [0.05, 0.1) is 5.69 Å². The Bertz CT molecular complexity index is 290. The van der Waals surface area contributed by atoms with Gasteiger partial charge in [0.25, 0.3) is 0 Å². The number of nitrogens with zero attached hydrogens (tertiary/aromatic N) is 3. The second-order valence-corrected chi connectivity index (χ2v) is 10.8. The molecule has 4 nitrogen and oxygen atoms in total. The van der Waals surface area contributed by atoms with Crippen molar-refractivity contribution in [3.05, 3.63) is 11.9 Å². The highest BCUT2D eigenvalue weighted by atomic mass is 28.3. The lowest BCUT2D eigenvalue weighted by molar-refractivity contribution is 0.551. The quantitative estimate of drug-likeness (QED) is 0.595. The molecule has 5 heteroatoms. The zero-order valence-corrected chi connectivity index (χ0v) is 11.0. The number of unbranched alkanes of at least 4 members (excludes halogenated alkanes) is 1. The summed E-state index contributed by atoms with van der Waals surface area (Å²) in [7, 11) is -0.862. The highest BCUT2D eigenvalue weighted by molar-refractivity contribution is 6.76. The number of aromatic nitrogens is 3. The third-order valence-electron chi connectivity index (χ3n) is 2.36. The summed E-state index contributed by atoms with van der Waals surface area (Å²) in [5.41, 5.74) is 6.34. The average molecular weight is 226 g/mol. The highest BCUT2D eigenvalue weighted by Gasteiger charge is 2.11. The van der Waals surface area contributed by atoms with E-state index in [9.17, 15) is 0 Å². The van der Waals surface area contributed by atoms with E-state index >= 15 is 0 Å². The van der Waals surface area contributed by atoms with Crippen LogP contribution >= 0.6 is 0 Å². The Morgan fingerprint density at radius 1 is 1.33 bits per heavy atom. The predicted octanol–water partition coefficient (Wildman–Crippen LogP) is 1.86. The van der Waals surface area contributed by atoms with E-state index in [-0.39, 0.29) is 0 Å². The Morgan fingerprint density at radius 2 is 2.07 bits per heavy atom. The number of hydrogen-bond acceptors (Lipinski definition) is 3. The smallest absolute Gasteiger partial charge is 0.0962 e. The fraction of sp³-hybridized carbons (Fsp3) is 0.800. The van der Waals surface area contributed by atoms with Gasteiger partial charge >= 0.3 is 0 Å². The molecule has 1 aromatic heterocycles. The molecule has 2 N–H and O–H groups in total. The fourth-order valence-corrected chi connectivity index (χ4v) is 2.78. The zero-order valence-electron chi connectivity index (χ0n) is 10.0. The van der Waals surface area contributed by atoms with Gasteiger partial charge in [-0.25, -0.2) is 0 Å². The van der Waals surface area contributed by atoms with Crippen LogP contribution in [0.15, 0.2) is 6.20 Å². The monoisotopic (exact) mass is 226 g/mol.